The quantitative estimate of drug-likeness (QED) is 0.417. The molecule has 0 spiro atoms. The van der Waals surface area contributed by atoms with Gasteiger partial charge in [-0.3, -0.25) is 0 Å². The summed E-state index contributed by atoms with van der Waals surface area (Å²) in [6.45, 7) is 0.212. The van der Waals surface area contributed by atoms with Crippen molar-refractivity contribution in [2.75, 3.05) is 19.5 Å². The van der Waals surface area contributed by atoms with Gasteiger partial charge in [-0.05, 0) is 0 Å². The van der Waals surface area contributed by atoms with Gasteiger partial charge in [-0.2, -0.15) is 0 Å². The Labute approximate surface area is 188 Å². The van der Waals surface area contributed by atoms with E-state index >= 15 is 0 Å². The third-order valence-corrected chi connectivity index (χ3v) is 7.82. The van der Waals surface area contributed by atoms with Crippen molar-refractivity contribution >= 4 is 55.7 Å². The molecule has 10 nitrogen and oxygen atoms in total. The number of halogens is 1. The Morgan fingerprint density at radius 3 is 2.87 bits per heavy atom. The second-order valence-corrected chi connectivity index (χ2v) is 11.1. The van der Waals surface area contributed by atoms with E-state index in [4.69, 9.17) is 35.9 Å². The van der Waals surface area contributed by atoms with Crippen molar-refractivity contribution in [2.24, 2.45) is 0 Å². The van der Waals surface area contributed by atoms with Crippen LogP contribution in [0.15, 0.2) is 40.6 Å². The number of nitrogen functional groups attached to an aromatic ring is 1. The molecule has 0 radical (unpaired) electrons. The molecular weight excluding hydrogens is 464 g/mol. The number of hydrogen-bond donors (Lipinski definition) is 2. The van der Waals surface area contributed by atoms with Gasteiger partial charge < -0.3 is 0 Å². The molecule has 2 saturated heterocycles. The van der Waals surface area contributed by atoms with Crippen LogP contribution in [0, 0.1) is 0 Å². The van der Waals surface area contributed by atoms with E-state index in [1.807, 2.05) is 28.8 Å². The van der Waals surface area contributed by atoms with E-state index in [-0.39, 0.29) is 12.4 Å². The second kappa shape index (κ2) is 8.13. The molecule has 0 bridgehead atoms. The van der Waals surface area contributed by atoms with Gasteiger partial charge in [0.2, 0.25) is 0 Å². The first-order valence-electron chi connectivity index (χ1n) is 9.50. The Morgan fingerprint density at radius 2 is 2.13 bits per heavy atom. The van der Waals surface area contributed by atoms with E-state index in [0.717, 1.165) is 4.90 Å². The average molecular weight is 484 g/mol. The van der Waals surface area contributed by atoms with Crippen LogP contribution in [-0.4, -0.2) is 64.0 Å². The Bertz CT molecular complexity index is 1120. The summed E-state index contributed by atoms with van der Waals surface area (Å²) >= 11 is 7.43. The van der Waals surface area contributed by atoms with Gasteiger partial charge in [0.1, 0.15) is 0 Å². The molecule has 164 valence electrons. The Kier molecular flexibility index (Phi) is 5.60. The van der Waals surface area contributed by atoms with E-state index in [2.05, 4.69) is 15.0 Å². The van der Waals surface area contributed by atoms with Crippen molar-refractivity contribution in [2.45, 2.75) is 34.6 Å². The predicted molar refractivity (Wildman–Crippen MR) is 120 cm³/mol. The molecule has 4 atom stereocenters. The van der Waals surface area contributed by atoms with Crippen molar-refractivity contribution in [1.82, 2.24) is 19.5 Å². The summed E-state index contributed by atoms with van der Waals surface area (Å²) in [6, 6.07) is 7.41. The predicted octanol–water partition coefficient (Wildman–Crippen LogP) is 1.58. The molecule has 1 unspecified atom stereocenters. The van der Waals surface area contributed by atoms with Crippen molar-refractivity contribution in [1.29, 1.82) is 0 Å². The zero-order valence-corrected chi connectivity index (χ0v) is 19.2. The molecule has 4 heterocycles. The van der Waals surface area contributed by atoms with E-state index in [0.29, 0.717) is 21.3 Å². The fourth-order valence-electron chi connectivity index (χ4n) is 3.78. The van der Waals surface area contributed by atoms with Crippen LogP contribution >= 0.6 is 31.2 Å². The number of aromatic nitrogens is 4. The van der Waals surface area contributed by atoms with Crippen molar-refractivity contribution in [3.8, 4) is 0 Å². The van der Waals surface area contributed by atoms with Crippen LogP contribution in [0.3, 0.4) is 0 Å². The van der Waals surface area contributed by atoms with E-state index in [1.54, 1.807) is 14.7 Å². The first kappa shape index (κ1) is 21.4. The summed E-state index contributed by atoms with van der Waals surface area (Å²) in [5.41, 5.74) is 7.05. The number of anilines is 1. The van der Waals surface area contributed by atoms with Crippen molar-refractivity contribution in [3.63, 3.8) is 0 Å². The minimum absolute atomic E-state index is 0.212. The molecule has 3 aromatic rings. The van der Waals surface area contributed by atoms with Crippen LogP contribution in [0.4, 0.5) is 5.82 Å². The van der Waals surface area contributed by atoms with E-state index in [1.165, 1.54) is 18.1 Å². The van der Waals surface area contributed by atoms with Crippen LogP contribution in [0.1, 0.15) is 6.23 Å². The molecule has 2 aromatic heterocycles. The van der Waals surface area contributed by atoms with Crippen LogP contribution in [0.5, 0.6) is 0 Å². The Hall–Kier alpha value is -1.50. The zero-order chi connectivity index (χ0) is 21.8. The molecular formula is C17H20BClN5O5PS. The average Bonchev–Trinajstić information content (AvgIpc) is 3.26. The number of fused-ring (bicyclic) bond motifs is 2. The number of hydrogen-bond acceptors (Lipinski definition) is 10. The van der Waals surface area contributed by atoms with Gasteiger partial charge >= 0.3 is 188 Å². The molecule has 2 aliphatic rings. The fourth-order valence-corrected chi connectivity index (χ4v) is 6.15. The van der Waals surface area contributed by atoms with Crippen LogP contribution < -0.4 is 5.73 Å². The number of nitrogens with two attached hydrogens (primary N) is 1. The molecule has 5 rings (SSSR count). The summed E-state index contributed by atoms with van der Waals surface area (Å²) < 4.78 is 25.2. The normalized spacial score (nSPS) is 28.5. The van der Waals surface area contributed by atoms with Gasteiger partial charge in [-0.25, -0.2) is 0 Å². The van der Waals surface area contributed by atoms with Gasteiger partial charge in [0, 0.05) is 0 Å². The summed E-state index contributed by atoms with van der Waals surface area (Å²) in [4.78, 5) is 24.4. The molecule has 2 fully saturated rings. The van der Waals surface area contributed by atoms with Gasteiger partial charge in [0.05, 0.1) is 0 Å². The standard InChI is InChI=1S/C17H20BClN5O5PS/c1-26-13-12-10(6-27-30(18,25)29-12)28-16(13)24-15-11(14(20)21-7-22-15)23-17(24)31-9-4-2-8(19)3-5-9/h2-5,7,10,12-13,16,25,30H,6,18H2,1H3,(H2,20,21,22)/t10-,12-,13?,16-/m1/s1. The third kappa shape index (κ3) is 3.92. The number of rotatable bonds is 4. The maximum atomic E-state index is 10.3. The topological polar surface area (TPSA) is 127 Å². The molecule has 2 aliphatic heterocycles. The third-order valence-electron chi connectivity index (χ3n) is 5.18. The number of imidazole rings is 1. The van der Waals surface area contributed by atoms with Gasteiger partial charge in [0.25, 0.3) is 0 Å². The summed E-state index contributed by atoms with van der Waals surface area (Å²) in [5.74, 6) is 0.265. The van der Waals surface area contributed by atoms with Gasteiger partial charge in [0.15, 0.2) is 0 Å². The Morgan fingerprint density at radius 1 is 1.35 bits per heavy atom. The summed E-state index contributed by atoms with van der Waals surface area (Å²) in [6.07, 6.45) is -0.664. The monoisotopic (exact) mass is 483 g/mol. The minimum atomic E-state index is -3.24. The van der Waals surface area contributed by atoms with Gasteiger partial charge in [-0.15, -0.1) is 0 Å². The molecule has 3 N–H and O–H groups in total. The SMILES string of the molecule is B[PH]1(O)OC[C@H]2O[C@@H](n3c(Sc4ccc(Cl)cc4)nc4c(N)ncnc43)C(OC)[C@@H]2O1. The number of methoxy groups -OCH3 is 1. The molecule has 0 aliphatic carbocycles. The molecule has 1 aromatic carbocycles. The molecule has 31 heavy (non-hydrogen) atoms. The molecule has 14 heteroatoms. The molecule has 0 saturated carbocycles. The number of nitrogens with zero attached hydrogens (tertiary/aromatic N) is 4. The number of benzene rings is 1. The van der Waals surface area contributed by atoms with E-state index < -0.39 is 32.4 Å². The second-order valence-electron chi connectivity index (χ2n) is 7.31. The first-order chi connectivity index (χ1) is 14.9. The van der Waals surface area contributed by atoms with Crippen LogP contribution in [0.25, 0.3) is 11.2 Å². The van der Waals surface area contributed by atoms with Crippen LogP contribution in [-0.2, 0) is 18.5 Å². The summed E-state index contributed by atoms with van der Waals surface area (Å²) in [5, 5.41) is 1.24. The fraction of sp³-hybridized carbons (Fsp3) is 0.353. The number of ether oxygens (including phenoxy) is 2. The zero-order valence-electron chi connectivity index (χ0n) is 16.6. The van der Waals surface area contributed by atoms with E-state index in [9.17, 15) is 4.89 Å². The maximum absolute atomic E-state index is 10.3. The first-order valence-corrected chi connectivity index (χ1v) is 13.0. The molecule has 0 amide bonds. The van der Waals surface area contributed by atoms with Crippen LogP contribution in [0.2, 0.25) is 5.02 Å². The summed E-state index contributed by atoms with van der Waals surface area (Å²) in [7, 11) is -0.0882. The van der Waals surface area contributed by atoms with Crippen molar-refractivity contribution in [3.05, 3.63) is 35.6 Å². The van der Waals surface area contributed by atoms with Gasteiger partial charge in [-0.1, -0.05) is 0 Å². The Balaban J connectivity index is 1.59. The van der Waals surface area contributed by atoms with Crippen molar-refractivity contribution < 1.29 is 23.4 Å².